The standard InChI is InChI=1S/C3H7.C2H7N.CH6N2.3HI.H3N.V/c1-3-2;1-2-3;2-1-3;;;;;/h1,3H2,2H3;2-3H2,1H3;1-3H2;3*1H;1H3;/q-1;;;;;;;+3/p-3. The molecular formula is C6H23I3N4V-. The first-order valence-corrected chi connectivity index (χ1v) is 17.2. The molecule has 94 valence electrons. The third-order valence-electron chi connectivity index (χ3n) is 0. The molecule has 0 saturated carbocycles. The molecule has 0 unspecified atom stereocenters. The van der Waals surface area contributed by atoms with Crippen molar-refractivity contribution in [3.63, 3.8) is 0 Å². The molecule has 0 atom stereocenters. The average molecular weight is 583 g/mol. The van der Waals surface area contributed by atoms with Gasteiger partial charge in [0.25, 0.3) is 0 Å². The maximum absolute atomic E-state index is 4.85. The Hall–Kier alpha value is 2.61. The molecule has 0 spiro atoms. The Morgan fingerprint density at radius 3 is 1.07 bits per heavy atom. The van der Waals surface area contributed by atoms with Crippen LogP contribution in [0.15, 0.2) is 0 Å². The molecule has 0 radical (unpaired) electrons. The number of rotatable bonds is 0. The van der Waals surface area contributed by atoms with Crippen molar-refractivity contribution >= 4 is 59.9 Å². The van der Waals surface area contributed by atoms with E-state index in [0.29, 0.717) is 0 Å². The van der Waals surface area contributed by atoms with E-state index in [1.54, 1.807) is 0 Å². The number of nitrogens with two attached hydrogens (primary N) is 3. The van der Waals surface area contributed by atoms with E-state index in [4.69, 9.17) is 5.73 Å². The van der Waals surface area contributed by atoms with Crippen molar-refractivity contribution in [2.75, 3.05) is 13.2 Å². The van der Waals surface area contributed by atoms with Gasteiger partial charge in [-0.2, -0.15) is 6.42 Å². The predicted octanol–water partition coefficient (Wildman–Crippen LogP) is 2.87. The normalized spacial score (nSPS) is 6.43. The molecular weight excluding hydrogens is 560 g/mol. The van der Waals surface area contributed by atoms with Crippen molar-refractivity contribution in [1.82, 2.24) is 6.15 Å². The molecule has 0 aromatic rings. The minimum atomic E-state index is -0.278. The van der Waals surface area contributed by atoms with Gasteiger partial charge in [0, 0.05) is 6.67 Å². The summed E-state index contributed by atoms with van der Waals surface area (Å²) in [5, 5.41) is 0. The van der Waals surface area contributed by atoms with Crippen LogP contribution in [0, 0.1) is 6.92 Å². The van der Waals surface area contributed by atoms with Crippen molar-refractivity contribution < 1.29 is 4.92 Å². The van der Waals surface area contributed by atoms with Gasteiger partial charge < -0.3 is 30.3 Å². The van der Waals surface area contributed by atoms with Crippen molar-refractivity contribution in [3.8, 4) is 0 Å². The van der Waals surface area contributed by atoms with Gasteiger partial charge in [-0.1, -0.05) is 13.8 Å². The van der Waals surface area contributed by atoms with E-state index in [1.807, 2.05) is 13.8 Å². The van der Waals surface area contributed by atoms with Crippen LogP contribution in [0.2, 0.25) is 0 Å². The number of hydrogen-bond acceptors (Lipinski definition) is 4. The molecule has 8 heteroatoms. The molecule has 0 saturated heterocycles. The summed E-state index contributed by atoms with van der Waals surface area (Å²) in [5.41, 5.74) is 14.1. The number of halogens is 3. The zero-order chi connectivity index (χ0) is 11.7. The molecule has 0 aromatic heterocycles. The zero-order valence-electron chi connectivity index (χ0n) is 8.85. The van der Waals surface area contributed by atoms with E-state index in [9.17, 15) is 0 Å². The minimum absolute atomic E-state index is 0. The molecule has 0 aliphatic carbocycles. The van der Waals surface area contributed by atoms with Crippen molar-refractivity contribution in [2.45, 2.75) is 20.3 Å². The van der Waals surface area contributed by atoms with Gasteiger partial charge in [-0.3, -0.25) is 0 Å². The van der Waals surface area contributed by atoms with Gasteiger partial charge in [-0.05, 0) is 6.54 Å². The second kappa shape index (κ2) is 44.9. The van der Waals surface area contributed by atoms with Crippen LogP contribution in [0.4, 0.5) is 0 Å². The summed E-state index contributed by atoms with van der Waals surface area (Å²) in [6, 6.07) is 0. The van der Waals surface area contributed by atoms with Gasteiger partial charge in [0.2, 0.25) is 0 Å². The molecule has 9 N–H and O–H groups in total. The van der Waals surface area contributed by atoms with Crippen LogP contribution in [-0.2, 0) is 4.92 Å². The summed E-state index contributed by atoms with van der Waals surface area (Å²) in [5.74, 6) is 0. The Labute approximate surface area is 127 Å². The topological polar surface area (TPSA) is 113 Å². The van der Waals surface area contributed by atoms with Gasteiger partial charge in [-0.25, -0.2) is 0 Å². The number of hydrogen-bond donors (Lipinski definition) is 4. The van der Waals surface area contributed by atoms with Crippen LogP contribution in [-0.4, -0.2) is 13.2 Å². The quantitative estimate of drug-likeness (QED) is 0.200. The average Bonchev–Trinajstić information content (AvgIpc) is 1.88. The molecule has 14 heavy (non-hydrogen) atoms. The van der Waals surface area contributed by atoms with Gasteiger partial charge in [0.1, 0.15) is 0 Å². The molecule has 0 aliphatic heterocycles. The summed E-state index contributed by atoms with van der Waals surface area (Å²) in [6.07, 6.45) is 1.00. The van der Waals surface area contributed by atoms with Crippen LogP contribution in [0.5, 0.6) is 0 Å². The summed E-state index contributed by atoms with van der Waals surface area (Å²) >= 11 is 7.39. The predicted molar refractivity (Wildman–Crippen MR) is 90.7 cm³/mol. The summed E-state index contributed by atoms with van der Waals surface area (Å²) in [6.45, 7) is 8.40. The van der Waals surface area contributed by atoms with E-state index < -0.39 is 0 Å². The Balaban J connectivity index is -0.0000000254. The molecule has 0 fully saturated rings. The fraction of sp³-hybridized carbons (Fsp3) is 0.833. The summed E-state index contributed by atoms with van der Waals surface area (Å²) in [7, 11) is 0. The van der Waals surface area contributed by atoms with Crippen molar-refractivity contribution in [2.24, 2.45) is 17.2 Å². The van der Waals surface area contributed by atoms with Crippen LogP contribution in [0.3, 0.4) is 0 Å². The van der Waals surface area contributed by atoms with E-state index in [-0.39, 0.29) is 17.7 Å². The van der Waals surface area contributed by atoms with E-state index >= 15 is 0 Å². The van der Waals surface area contributed by atoms with Crippen LogP contribution >= 0.6 is 59.9 Å². The van der Waals surface area contributed by atoms with Crippen LogP contribution in [0.1, 0.15) is 20.3 Å². The van der Waals surface area contributed by atoms with Gasteiger partial charge in [-0.15, -0.1) is 0 Å². The Morgan fingerprint density at radius 1 is 1.07 bits per heavy atom. The molecule has 0 rings (SSSR count). The first-order valence-electron chi connectivity index (χ1n) is 3.65. The maximum atomic E-state index is 4.85. The Bertz CT molecular complexity index is 46.5. The van der Waals surface area contributed by atoms with Gasteiger partial charge >= 0.3 is 64.9 Å². The fourth-order valence-corrected chi connectivity index (χ4v) is 0. The molecule has 4 nitrogen and oxygen atoms in total. The van der Waals surface area contributed by atoms with Crippen LogP contribution in [0.25, 0.3) is 0 Å². The second-order valence-corrected chi connectivity index (χ2v) is 36.7. The molecule has 0 amide bonds. The van der Waals surface area contributed by atoms with Crippen LogP contribution < -0.4 is 23.4 Å². The molecule has 0 aromatic carbocycles. The van der Waals surface area contributed by atoms with E-state index in [0.717, 1.165) is 13.0 Å². The van der Waals surface area contributed by atoms with E-state index in [1.165, 1.54) is 0 Å². The monoisotopic (exact) mass is 583 g/mol. The summed E-state index contributed by atoms with van der Waals surface area (Å²) < 4.78 is 0. The van der Waals surface area contributed by atoms with Crippen molar-refractivity contribution in [3.05, 3.63) is 6.92 Å². The second-order valence-electron chi connectivity index (χ2n) is 1.34. The van der Waals surface area contributed by atoms with Gasteiger partial charge in [0.05, 0.1) is 0 Å². The molecule has 0 aliphatic rings. The third-order valence-corrected chi connectivity index (χ3v) is 0. The van der Waals surface area contributed by atoms with Crippen molar-refractivity contribution in [1.29, 1.82) is 0 Å². The molecule has 0 heterocycles. The Kier molecular flexibility index (Phi) is 96.4. The SMILES string of the molecule is CCN.N.NCN.[CH2-]CC.[I][V]([I])[I]. The zero-order valence-corrected chi connectivity index (χ0v) is 16.7. The fourth-order valence-electron chi connectivity index (χ4n) is 0. The first kappa shape index (κ1) is 30.0. The third kappa shape index (κ3) is 396. The first-order chi connectivity index (χ1) is 5.97. The van der Waals surface area contributed by atoms with Gasteiger partial charge in [0.15, 0.2) is 0 Å². The molecule has 0 bridgehead atoms. The van der Waals surface area contributed by atoms with E-state index in [2.05, 4.69) is 78.3 Å². The summed E-state index contributed by atoms with van der Waals surface area (Å²) in [4.78, 5) is -0.278. The Morgan fingerprint density at radius 2 is 1.07 bits per heavy atom.